The number of benzene rings is 2. The topological polar surface area (TPSA) is 74.1 Å². The molecule has 1 N–H and O–H groups in total. The number of nitrogens with zero attached hydrogens (tertiary/aromatic N) is 3. The SMILES string of the molecule is Cc1ccc(CSC2=Nc3ccccc3C3=N[C@H](CCC(=O)NC4CCCCC4)C(=O)N23)cc1. The Bertz CT molecular complexity index is 1140. The van der Waals surface area contributed by atoms with Gasteiger partial charge in [0.1, 0.15) is 11.9 Å². The van der Waals surface area contributed by atoms with E-state index < -0.39 is 6.04 Å². The lowest BCUT2D eigenvalue weighted by atomic mass is 9.95. The Morgan fingerprint density at radius 1 is 1.09 bits per heavy atom. The molecule has 2 heterocycles. The summed E-state index contributed by atoms with van der Waals surface area (Å²) in [7, 11) is 0. The predicted molar refractivity (Wildman–Crippen MR) is 137 cm³/mol. The summed E-state index contributed by atoms with van der Waals surface area (Å²) in [6.45, 7) is 2.07. The molecule has 6 nitrogen and oxygen atoms in total. The standard InChI is InChI=1S/C27H30N4O2S/c1-18-11-13-19(14-12-18)17-34-27-30-22-10-6-5-9-21(22)25-29-23(26(33)31(25)27)15-16-24(32)28-20-7-3-2-4-8-20/h5-6,9-14,20,23H,2-4,7-8,15-17H2,1H3,(H,28,32)/t23-/m1/s1. The maximum absolute atomic E-state index is 13.4. The van der Waals surface area contributed by atoms with Gasteiger partial charge in [-0.15, -0.1) is 0 Å². The van der Waals surface area contributed by atoms with Crippen LogP contribution in [0.1, 0.15) is 61.6 Å². The van der Waals surface area contributed by atoms with E-state index in [1.165, 1.54) is 30.4 Å². The van der Waals surface area contributed by atoms with Crippen LogP contribution in [0.2, 0.25) is 0 Å². The van der Waals surface area contributed by atoms with E-state index in [0.29, 0.717) is 29.6 Å². The monoisotopic (exact) mass is 474 g/mol. The third-order valence-corrected chi connectivity index (χ3v) is 7.66. The number of aryl methyl sites for hydroxylation is 1. The van der Waals surface area contributed by atoms with Gasteiger partial charge in [-0.3, -0.25) is 14.6 Å². The Hall–Kier alpha value is -2.93. The van der Waals surface area contributed by atoms with Crippen LogP contribution in [0.5, 0.6) is 0 Å². The van der Waals surface area contributed by atoms with Crippen LogP contribution in [-0.2, 0) is 15.3 Å². The number of carbonyl (C=O) groups excluding carboxylic acids is 2. The van der Waals surface area contributed by atoms with Crippen LogP contribution in [0.3, 0.4) is 0 Å². The molecule has 7 heteroatoms. The maximum Gasteiger partial charge on any atom is 0.259 e. The molecule has 0 saturated heterocycles. The highest BCUT2D eigenvalue weighted by molar-refractivity contribution is 8.13. The lowest BCUT2D eigenvalue weighted by molar-refractivity contribution is -0.125. The molecule has 1 atom stereocenters. The largest absolute Gasteiger partial charge is 0.353 e. The van der Waals surface area contributed by atoms with Crippen LogP contribution in [0.4, 0.5) is 5.69 Å². The summed E-state index contributed by atoms with van der Waals surface area (Å²) in [6.07, 6.45) is 6.44. The second-order valence-corrected chi connectivity index (χ2v) is 10.2. The second-order valence-electron chi connectivity index (χ2n) is 9.27. The maximum atomic E-state index is 13.4. The van der Waals surface area contributed by atoms with E-state index in [0.717, 1.165) is 24.1 Å². The summed E-state index contributed by atoms with van der Waals surface area (Å²) in [5, 5.41) is 3.80. The number of nitrogens with one attached hydrogen (secondary N) is 1. The van der Waals surface area contributed by atoms with Gasteiger partial charge in [0.05, 0.1) is 5.69 Å². The lowest BCUT2D eigenvalue weighted by Gasteiger charge is -2.25. The molecule has 0 bridgehead atoms. The van der Waals surface area contributed by atoms with Gasteiger partial charge in [-0.2, -0.15) is 0 Å². The number of amidine groups is 2. The highest BCUT2D eigenvalue weighted by Crippen LogP contribution is 2.35. The fraction of sp³-hybridized carbons (Fsp3) is 0.407. The quantitative estimate of drug-likeness (QED) is 0.632. The summed E-state index contributed by atoms with van der Waals surface area (Å²) in [4.78, 5) is 37.2. The average molecular weight is 475 g/mol. The Kier molecular flexibility index (Phi) is 6.81. The van der Waals surface area contributed by atoms with Gasteiger partial charge < -0.3 is 5.32 Å². The van der Waals surface area contributed by atoms with E-state index in [2.05, 4.69) is 36.5 Å². The Labute approximate surface area is 204 Å². The van der Waals surface area contributed by atoms with E-state index in [-0.39, 0.29) is 17.9 Å². The zero-order valence-corrected chi connectivity index (χ0v) is 20.3. The average Bonchev–Trinajstić information content (AvgIpc) is 3.19. The molecule has 0 aromatic heterocycles. The van der Waals surface area contributed by atoms with Gasteiger partial charge >= 0.3 is 0 Å². The summed E-state index contributed by atoms with van der Waals surface area (Å²) in [5.74, 6) is 1.30. The fourth-order valence-electron chi connectivity index (χ4n) is 4.73. The molecule has 1 fully saturated rings. The number of thioether (sulfide) groups is 1. The Balaban J connectivity index is 1.29. The number of rotatable bonds is 6. The first-order valence-electron chi connectivity index (χ1n) is 12.2. The summed E-state index contributed by atoms with van der Waals surface area (Å²) < 4.78 is 0. The molecule has 1 aliphatic carbocycles. The van der Waals surface area contributed by atoms with Crippen LogP contribution in [0.25, 0.3) is 0 Å². The van der Waals surface area contributed by atoms with E-state index >= 15 is 0 Å². The fourth-order valence-corrected chi connectivity index (χ4v) is 5.69. The minimum absolute atomic E-state index is 0.0211. The molecule has 5 rings (SSSR count). The smallest absolute Gasteiger partial charge is 0.259 e. The minimum atomic E-state index is -0.552. The lowest BCUT2D eigenvalue weighted by Crippen LogP contribution is -2.41. The number of aliphatic imine (C=N–C) groups is 2. The van der Waals surface area contributed by atoms with Gasteiger partial charge in [0, 0.05) is 23.8 Å². The van der Waals surface area contributed by atoms with Crippen LogP contribution >= 0.6 is 11.8 Å². The van der Waals surface area contributed by atoms with Crippen molar-refractivity contribution in [2.45, 2.75) is 69.7 Å². The van der Waals surface area contributed by atoms with Gasteiger partial charge in [0.15, 0.2) is 5.17 Å². The van der Waals surface area contributed by atoms with Crippen LogP contribution in [0, 0.1) is 6.92 Å². The number of para-hydroxylation sites is 1. The Morgan fingerprint density at radius 2 is 1.85 bits per heavy atom. The molecule has 2 aromatic carbocycles. The molecule has 2 aromatic rings. The normalized spacial score (nSPS) is 19.9. The molecule has 2 aliphatic heterocycles. The first-order valence-corrected chi connectivity index (χ1v) is 13.1. The van der Waals surface area contributed by atoms with E-state index in [1.54, 1.807) is 16.7 Å². The van der Waals surface area contributed by atoms with Crippen molar-refractivity contribution in [1.82, 2.24) is 10.2 Å². The molecule has 34 heavy (non-hydrogen) atoms. The number of carbonyl (C=O) groups is 2. The number of hydrogen-bond donors (Lipinski definition) is 1. The van der Waals surface area contributed by atoms with Crippen LogP contribution < -0.4 is 5.32 Å². The van der Waals surface area contributed by atoms with Crippen molar-refractivity contribution in [1.29, 1.82) is 0 Å². The van der Waals surface area contributed by atoms with Crippen molar-refractivity contribution < 1.29 is 9.59 Å². The van der Waals surface area contributed by atoms with E-state index in [4.69, 9.17) is 9.98 Å². The summed E-state index contributed by atoms with van der Waals surface area (Å²) in [6, 6.07) is 15.9. The third-order valence-electron chi connectivity index (χ3n) is 6.65. The highest BCUT2D eigenvalue weighted by Gasteiger charge is 2.41. The molecule has 0 radical (unpaired) electrons. The van der Waals surface area contributed by atoms with Crippen molar-refractivity contribution >= 4 is 40.3 Å². The van der Waals surface area contributed by atoms with Crippen molar-refractivity contribution in [2.24, 2.45) is 9.98 Å². The number of fused-ring (bicyclic) bond motifs is 3. The van der Waals surface area contributed by atoms with Crippen molar-refractivity contribution in [3.8, 4) is 0 Å². The van der Waals surface area contributed by atoms with E-state index in [9.17, 15) is 9.59 Å². The van der Waals surface area contributed by atoms with Gasteiger partial charge in [0.2, 0.25) is 5.91 Å². The predicted octanol–water partition coefficient (Wildman–Crippen LogP) is 5.12. The Morgan fingerprint density at radius 3 is 2.65 bits per heavy atom. The van der Waals surface area contributed by atoms with Crippen LogP contribution in [-0.4, -0.2) is 39.8 Å². The molecule has 1 saturated carbocycles. The molecule has 0 unspecified atom stereocenters. The van der Waals surface area contributed by atoms with Gasteiger partial charge in [-0.25, -0.2) is 9.89 Å². The molecular formula is C27H30N4O2S. The van der Waals surface area contributed by atoms with E-state index in [1.807, 2.05) is 24.3 Å². The van der Waals surface area contributed by atoms with Crippen molar-refractivity contribution in [3.05, 3.63) is 65.2 Å². The number of hydrogen-bond acceptors (Lipinski definition) is 5. The molecule has 2 amide bonds. The molecule has 0 spiro atoms. The highest BCUT2D eigenvalue weighted by atomic mass is 32.2. The van der Waals surface area contributed by atoms with Crippen molar-refractivity contribution in [3.63, 3.8) is 0 Å². The van der Waals surface area contributed by atoms with Crippen LogP contribution in [0.15, 0.2) is 58.5 Å². The molecule has 3 aliphatic rings. The number of amides is 2. The van der Waals surface area contributed by atoms with Crippen molar-refractivity contribution in [2.75, 3.05) is 0 Å². The summed E-state index contributed by atoms with van der Waals surface area (Å²) >= 11 is 1.54. The molecule has 176 valence electrons. The first kappa shape index (κ1) is 22.8. The summed E-state index contributed by atoms with van der Waals surface area (Å²) in [5.41, 5.74) is 4.09. The first-order chi connectivity index (χ1) is 16.6. The third kappa shape index (κ3) is 4.94. The second kappa shape index (κ2) is 10.1. The molecular weight excluding hydrogens is 444 g/mol. The zero-order valence-electron chi connectivity index (χ0n) is 19.5. The minimum Gasteiger partial charge on any atom is -0.353 e. The van der Waals surface area contributed by atoms with Gasteiger partial charge in [-0.1, -0.05) is 73.0 Å². The zero-order chi connectivity index (χ0) is 23.5. The van der Waals surface area contributed by atoms with Gasteiger partial charge in [0.25, 0.3) is 5.91 Å². The van der Waals surface area contributed by atoms with Gasteiger partial charge in [-0.05, 0) is 43.9 Å².